The molecule has 2 nitrogen and oxygen atoms in total. The van der Waals surface area contributed by atoms with Gasteiger partial charge in [-0.3, -0.25) is 0 Å². The van der Waals surface area contributed by atoms with Crippen LogP contribution in [0.25, 0.3) is 0 Å². The summed E-state index contributed by atoms with van der Waals surface area (Å²) < 4.78 is 5.98. The maximum atomic E-state index is 10.1. The molecule has 0 spiro atoms. The summed E-state index contributed by atoms with van der Waals surface area (Å²) in [6, 6.07) is 7.16. The summed E-state index contributed by atoms with van der Waals surface area (Å²) in [5.41, 5.74) is 1.69. The third kappa shape index (κ3) is 2.17. The molecule has 0 amide bonds. The molecular weight excluding hydrogens is 291 g/mol. The van der Waals surface area contributed by atoms with Gasteiger partial charge in [0.15, 0.2) is 5.76 Å². The lowest BCUT2D eigenvalue weighted by atomic mass is 10.1. The van der Waals surface area contributed by atoms with Crippen molar-refractivity contribution < 1.29 is 9.52 Å². The second kappa shape index (κ2) is 4.62. The van der Waals surface area contributed by atoms with Crippen LogP contribution in [0.4, 0.5) is 0 Å². The van der Waals surface area contributed by atoms with Crippen molar-refractivity contribution in [3.05, 3.63) is 56.9 Å². The summed E-state index contributed by atoms with van der Waals surface area (Å²) in [5.74, 6) is 0.502. The Bertz CT molecular complexity index is 507. The van der Waals surface area contributed by atoms with E-state index in [0.717, 1.165) is 15.6 Å². The number of furan rings is 1. The molecule has 4 heteroatoms. The lowest BCUT2D eigenvalue weighted by Crippen LogP contribution is -1.99. The van der Waals surface area contributed by atoms with Crippen molar-refractivity contribution in [3.63, 3.8) is 0 Å². The predicted molar refractivity (Wildman–Crippen MR) is 66.7 cm³/mol. The van der Waals surface area contributed by atoms with Gasteiger partial charge < -0.3 is 9.52 Å². The highest BCUT2D eigenvalue weighted by molar-refractivity contribution is 9.10. The first-order chi connectivity index (χ1) is 7.59. The third-order valence-electron chi connectivity index (χ3n) is 2.39. The Morgan fingerprint density at radius 1 is 1.38 bits per heavy atom. The van der Waals surface area contributed by atoms with E-state index in [9.17, 15) is 5.11 Å². The maximum Gasteiger partial charge on any atom is 0.150 e. The van der Waals surface area contributed by atoms with Gasteiger partial charge in [-0.1, -0.05) is 23.7 Å². The van der Waals surface area contributed by atoms with Crippen molar-refractivity contribution in [2.75, 3.05) is 0 Å². The second-order valence-corrected chi connectivity index (χ2v) is 4.81. The maximum absolute atomic E-state index is 10.1. The van der Waals surface area contributed by atoms with Gasteiger partial charge in [-0.05, 0) is 46.1 Å². The second-order valence-electron chi connectivity index (χ2n) is 3.54. The Morgan fingerprint density at radius 2 is 2.12 bits per heavy atom. The van der Waals surface area contributed by atoms with Crippen LogP contribution in [-0.2, 0) is 0 Å². The lowest BCUT2D eigenvalue weighted by Gasteiger charge is -2.10. The SMILES string of the molecule is Cc1cc(C(O)c2occc2Br)ccc1Cl. The molecule has 0 bridgehead atoms. The highest BCUT2D eigenvalue weighted by atomic mass is 79.9. The first-order valence-corrected chi connectivity index (χ1v) is 5.93. The molecule has 2 rings (SSSR count). The van der Waals surface area contributed by atoms with Crippen LogP contribution in [0, 0.1) is 6.92 Å². The largest absolute Gasteiger partial charge is 0.465 e. The van der Waals surface area contributed by atoms with Gasteiger partial charge in [0.25, 0.3) is 0 Å². The number of hydrogen-bond donors (Lipinski definition) is 1. The topological polar surface area (TPSA) is 33.4 Å². The van der Waals surface area contributed by atoms with E-state index < -0.39 is 6.10 Å². The van der Waals surface area contributed by atoms with Crippen LogP contribution in [0.5, 0.6) is 0 Å². The summed E-state index contributed by atoms with van der Waals surface area (Å²) in [5, 5.41) is 10.8. The minimum Gasteiger partial charge on any atom is -0.465 e. The monoisotopic (exact) mass is 300 g/mol. The Kier molecular flexibility index (Phi) is 3.38. The Morgan fingerprint density at radius 3 is 2.69 bits per heavy atom. The minimum absolute atomic E-state index is 0.502. The van der Waals surface area contributed by atoms with Gasteiger partial charge in [0, 0.05) is 5.02 Å². The Balaban J connectivity index is 2.38. The smallest absolute Gasteiger partial charge is 0.150 e. The van der Waals surface area contributed by atoms with E-state index in [4.69, 9.17) is 16.0 Å². The third-order valence-corrected chi connectivity index (χ3v) is 3.47. The van der Waals surface area contributed by atoms with Crippen molar-refractivity contribution in [1.82, 2.24) is 0 Å². The number of aliphatic hydroxyl groups excluding tert-OH is 1. The van der Waals surface area contributed by atoms with Gasteiger partial charge in [-0.15, -0.1) is 0 Å². The number of halogens is 2. The summed E-state index contributed by atoms with van der Waals surface area (Å²) in [4.78, 5) is 0. The van der Waals surface area contributed by atoms with Crippen LogP contribution in [0.1, 0.15) is 23.0 Å². The number of aliphatic hydroxyl groups is 1. The predicted octanol–water partition coefficient (Wildman–Crippen LogP) is 4.09. The van der Waals surface area contributed by atoms with Crippen molar-refractivity contribution in [2.45, 2.75) is 13.0 Å². The standard InChI is InChI=1S/C12H10BrClO2/c1-7-6-8(2-3-10(7)14)11(15)12-9(13)4-5-16-12/h2-6,11,15H,1H3. The van der Waals surface area contributed by atoms with E-state index in [1.54, 1.807) is 18.2 Å². The fraction of sp³-hybridized carbons (Fsp3) is 0.167. The lowest BCUT2D eigenvalue weighted by molar-refractivity contribution is 0.188. The molecule has 84 valence electrons. The number of benzene rings is 1. The van der Waals surface area contributed by atoms with Crippen molar-refractivity contribution in [3.8, 4) is 0 Å². The van der Waals surface area contributed by atoms with Crippen LogP contribution in [-0.4, -0.2) is 5.11 Å². The molecule has 1 unspecified atom stereocenters. The molecule has 0 saturated carbocycles. The van der Waals surface area contributed by atoms with Gasteiger partial charge in [0.05, 0.1) is 10.7 Å². The molecule has 0 fully saturated rings. The zero-order chi connectivity index (χ0) is 11.7. The first-order valence-electron chi connectivity index (χ1n) is 4.76. The van der Waals surface area contributed by atoms with Crippen LogP contribution < -0.4 is 0 Å². The average molecular weight is 302 g/mol. The molecule has 16 heavy (non-hydrogen) atoms. The molecule has 1 atom stereocenters. The van der Waals surface area contributed by atoms with Gasteiger partial charge in [-0.2, -0.15) is 0 Å². The molecule has 1 heterocycles. The van der Waals surface area contributed by atoms with Gasteiger partial charge in [0.1, 0.15) is 6.10 Å². The number of hydrogen-bond acceptors (Lipinski definition) is 2. The van der Waals surface area contributed by atoms with E-state index in [0.29, 0.717) is 10.8 Å². The summed E-state index contributed by atoms with van der Waals surface area (Å²) >= 11 is 9.24. The molecule has 1 N–H and O–H groups in total. The van der Waals surface area contributed by atoms with E-state index in [2.05, 4.69) is 15.9 Å². The van der Waals surface area contributed by atoms with Crippen LogP contribution in [0.2, 0.25) is 5.02 Å². The molecule has 0 aliphatic carbocycles. The van der Waals surface area contributed by atoms with Gasteiger partial charge in [0.2, 0.25) is 0 Å². The summed E-state index contributed by atoms with van der Waals surface area (Å²) in [6.45, 7) is 1.90. The van der Waals surface area contributed by atoms with Crippen LogP contribution >= 0.6 is 27.5 Å². The molecular formula is C12H10BrClO2. The quantitative estimate of drug-likeness (QED) is 0.906. The average Bonchev–Trinajstić information content (AvgIpc) is 2.67. The van der Waals surface area contributed by atoms with Crippen molar-refractivity contribution in [2.24, 2.45) is 0 Å². The highest BCUT2D eigenvalue weighted by Crippen LogP contribution is 2.30. The van der Waals surface area contributed by atoms with Gasteiger partial charge in [-0.25, -0.2) is 0 Å². The van der Waals surface area contributed by atoms with E-state index in [1.165, 1.54) is 6.26 Å². The Labute approximate surface area is 107 Å². The fourth-order valence-corrected chi connectivity index (χ4v) is 2.03. The molecule has 2 aromatic rings. The zero-order valence-electron chi connectivity index (χ0n) is 8.58. The molecule has 0 aliphatic heterocycles. The van der Waals surface area contributed by atoms with Gasteiger partial charge >= 0.3 is 0 Å². The summed E-state index contributed by atoms with van der Waals surface area (Å²) in [6.07, 6.45) is 0.756. The zero-order valence-corrected chi connectivity index (χ0v) is 10.9. The van der Waals surface area contributed by atoms with Crippen LogP contribution in [0.15, 0.2) is 39.4 Å². The first kappa shape index (κ1) is 11.7. The molecule has 1 aromatic carbocycles. The minimum atomic E-state index is -0.777. The fourth-order valence-electron chi connectivity index (χ4n) is 1.49. The van der Waals surface area contributed by atoms with Crippen LogP contribution in [0.3, 0.4) is 0 Å². The highest BCUT2D eigenvalue weighted by Gasteiger charge is 2.17. The molecule has 0 radical (unpaired) electrons. The van der Waals surface area contributed by atoms with Crippen molar-refractivity contribution >= 4 is 27.5 Å². The molecule has 0 aliphatic rings. The summed E-state index contributed by atoms with van der Waals surface area (Å²) in [7, 11) is 0. The number of aryl methyl sites for hydroxylation is 1. The van der Waals surface area contributed by atoms with Crippen molar-refractivity contribution in [1.29, 1.82) is 0 Å². The molecule has 0 saturated heterocycles. The van der Waals surface area contributed by atoms with E-state index in [1.807, 2.05) is 13.0 Å². The normalized spacial score (nSPS) is 12.8. The van der Waals surface area contributed by atoms with E-state index >= 15 is 0 Å². The molecule has 1 aromatic heterocycles. The Hall–Kier alpha value is -0.770. The van der Waals surface area contributed by atoms with E-state index in [-0.39, 0.29) is 0 Å². The number of rotatable bonds is 2.